The molecule has 136 valence electrons. The van der Waals surface area contributed by atoms with E-state index in [2.05, 4.69) is 53.4 Å². The van der Waals surface area contributed by atoms with E-state index in [0.29, 0.717) is 5.92 Å². The molecule has 26 heavy (non-hydrogen) atoms. The molecule has 4 rings (SSSR count). The van der Waals surface area contributed by atoms with Gasteiger partial charge in [-0.2, -0.15) is 0 Å². The Morgan fingerprint density at radius 2 is 1.88 bits per heavy atom. The van der Waals surface area contributed by atoms with Gasteiger partial charge in [-0.15, -0.1) is 0 Å². The van der Waals surface area contributed by atoms with Crippen molar-refractivity contribution in [1.82, 2.24) is 4.90 Å². The maximum Gasteiger partial charge on any atom is 0.126 e. The fraction of sp³-hybridized carbons (Fsp3) is 0.391. The van der Waals surface area contributed by atoms with Crippen LogP contribution in [0.3, 0.4) is 0 Å². The normalized spacial score (nSPS) is 21.6. The summed E-state index contributed by atoms with van der Waals surface area (Å²) >= 11 is 0. The molecule has 1 aliphatic heterocycles. The van der Waals surface area contributed by atoms with Crippen LogP contribution in [0, 0.1) is 5.92 Å². The summed E-state index contributed by atoms with van der Waals surface area (Å²) in [5, 5.41) is 0. The molecule has 2 aromatic carbocycles. The highest BCUT2D eigenvalue weighted by molar-refractivity contribution is 5.61. The Morgan fingerprint density at radius 1 is 1.12 bits per heavy atom. The number of rotatable bonds is 6. The third-order valence-corrected chi connectivity index (χ3v) is 5.28. The van der Waals surface area contributed by atoms with Gasteiger partial charge in [-0.1, -0.05) is 48.5 Å². The zero-order valence-corrected chi connectivity index (χ0v) is 15.4. The molecule has 0 bridgehead atoms. The third-order valence-electron chi connectivity index (χ3n) is 5.28. The molecule has 1 unspecified atom stereocenters. The molecular weight excluding hydrogens is 322 g/mol. The van der Waals surface area contributed by atoms with Crippen molar-refractivity contribution in [3.8, 4) is 5.75 Å². The minimum atomic E-state index is 0.185. The molecule has 1 heterocycles. The standard InChI is InChI=1S/C23H27NO2/c1-25-22-10-6-5-9-20(22)15-21(19-11-12-19)23-17-24(13-14-26-23)16-18-7-3-2-4-8-18/h2-10,15,19,23H,11-14,16-17H2,1H3/b21-15+. The first-order valence-electron chi connectivity index (χ1n) is 9.56. The summed E-state index contributed by atoms with van der Waals surface area (Å²) in [6, 6.07) is 19.0. The number of hydrogen-bond acceptors (Lipinski definition) is 3. The van der Waals surface area contributed by atoms with Crippen LogP contribution in [0.15, 0.2) is 60.2 Å². The Morgan fingerprint density at radius 3 is 2.65 bits per heavy atom. The molecule has 3 nitrogen and oxygen atoms in total. The highest BCUT2D eigenvalue weighted by atomic mass is 16.5. The van der Waals surface area contributed by atoms with Crippen molar-refractivity contribution in [2.24, 2.45) is 5.92 Å². The molecule has 1 saturated carbocycles. The second-order valence-corrected chi connectivity index (χ2v) is 7.24. The van der Waals surface area contributed by atoms with Crippen molar-refractivity contribution in [3.63, 3.8) is 0 Å². The highest BCUT2D eigenvalue weighted by Gasteiger charge is 2.34. The van der Waals surface area contributed by atoms with E-state index >= 15 is 0 Å². The van der Waals surface area contributed by atoms with E-state index in [9.17, 15) is 0 Å². The summed E-state index contributed by atoms with van der Waals surface area (Å²) in [6.45, 7) is 3.76. The van der Waals surface area contributed by atoms with Crippen molar-refractivity contribution in [2.75, 3.05) is 26.8 Å². The van der Waals surface area contributed by atoms with Gasteiger partial charge in [0.1, 0.15) is 5.75 Å². The first-order valence-corrected chi connectivity index (χ1v) is 9.56. The van der Waals surface area contributed by atoms with E-state index in [1.54, 1.807) is 7.11 Å². The smallest absolute Gasteiger partial charge is 0.126 e. The van der Waals surface area contributed by atoms with Crippen LogP contribution in [0.1, 0.15) is 24.0 Å². The van der Waals surface area contributed by atoms with Crippen LogP contribution in [-0.2, 0) is 11.3 Å². The van der Waals surface area contributed by atoms with Crippen LogP contribution in [0.5, 0.6) is 5.75 Å². The molecule has 3 heteroatoms. The van der Waals surface area contributed by atoms with Crippen LogP contribution >= 0.6 is 0 Å². The van der Waals surface area contributed by atoms with Gasteiger partial charge in [-0.25, -0.2) is 0 Å². The number of hydrogen-bond donors (Lipinski definition) is 0. The molecule has 0 aromatic heterocycles. The van der Waals surface area contributed by atoms with Crippen LogP contribution in [0.4, 0.5) is 0 Å². The van der Waals surface area contributed by atoms with Gasteiger partial charge in [0.25, 0.3) is 0 Å². The SMILES string of the molecule is COc1ccccc1/C=C(\C1CC1)C1CN(Cc2ccccc2)CCO1. The Kier molecular flexibility index (Phi) is 5.37. The van der Waals surface area contributed by atoms with Gasteiger partial charge in [-0.3, -0.25) is 4.90 Å². The summed E-state index contributed by atoms with van der Waals surface area (Å²) in [6.07, 6.45) is 5.05. The van der Waals surface area contributed by atoms with Crippen molar-refractivity contribution in [1.29, 1.82) is 0 Å². The summed E-state index contributed by atoms with van der Waals surface area (Å²) in [5.41, 5.74) is 3.96. The summed E-state index contributed by atoms with van der Waals surface area (Å²) in [5.74, 6) is 1.60. The van der Waals surface area contributed by atoms with Crippen molar-refractivity contribution >= 4 is 6.08 Å². The van der Waals surface area contributed by atoms with Gasteiger partial charge >= 0.3 is 0 Å². The highest BCUT2D eigenvalue weighted by Crippen LogP contribution is 2.41. The van der Waals surface area contributed by atoms with Crippen molar-refractivity contribution < 1.29 is 9.47 Å². The number of benzene rings is 2. The molecular formula is C23H27NO2. The minimum Gasteiger partial charge on any atom is -0.496 e. The van der Waals surface area contributed by atoms with Gasteiger partial charge in [0.15, 0.2) is 0 Å². The first kappa shape index (κ1) is 17.3. The monoisotopic (exact) mass is 349 g/mol. The Balaban J connectivity index is 1.52. The summed E-state index contributed by atoms with van der Waals surface area (Å²) in [4.78, 5) is 2.52. The predicted molar refractivity (Wildman–Crippen MR) is 105 cm³/mol. The molecule has 2 aliphatic rings. The third kappa shape index (κ3) is 4.17. The molecule has 0 N–H and O–H groups in total. The fourth-order valence-corrected chi connectivity index (χ4v) is 3.75. The fourth-order valence-electron chi connectivity index (χ4n) is 3.75. The molecule has 0 amide bonds. The second kappa shape index (κ2) is 8.07. The lowest BCUT2D eigenvalue weighted by Crippen LogP contribution is -2.43. The average Bonchev–Trinajstić information content (AvgIpc) is 3.52. The van der Waals surface area contributed by atoms with Crippen molar-refractivity contribution in [3.05, 3.63) is 71.3 Å². The van der Waals surface area contributed by atoms with E-state index in [0.717, 1.165) is 37.6 Å². The second-order valence-electron chi connectivity index (χ2n) is 7.24. The minimum absolute atomic E-state index is 0.185. The average molecular weight is 349 g/mol. The zero-order valence-electron chi connectivity index (χ0n) is 15.4. The van der Waals surface area contributed by atoms with Gasteiger partial charge in [0.05, 0.1) is 19.8 Å². The van der Waals surface area contributed by atoms with Crippen LogP contribution in [0.2, 0.25) is 0 Å². The molecule has 0 spiro atoms. The molecule has 2 fully saturated rings. The maximum atomic E-state index is 6.20. The summed E-state index contributed by atoms with van der Waals surface area (Å²) in [7, 11) is 1.74. The van der Waals surface area contributed by atoms with Gasteiger partial charge in [0.2, 0.25) is 0 Å². The maximum absolute atomic E-state index is 6.20. The zero-order chi connectivity index (χ0) is 17.8. The van der Waals surface area contributed by atoms with E-state index in [1.807, 2.05) is 12.1 Å². The Bertz CT molecular complexity index is 752. The largest absolute Gasteiger partial charge is 0.496 e. The van der Waals surface area contributed by atoms with Gasteiger partial charge < -0.3 is 9.47 Å². The number of methoxy groups -OCH3 is 1. The molecule has 0 radical (unpaired) electrons. The lowest BCUT2D eigenvalue weighted by Gasteiger charge is -2.34. The first-order chi connectivity index (χ1) is 12.8. The molecule has 2 aromatic rings. The predicted octanol–water partition coefficient (Wildman–Crippen LogP) is 4.39. The molecule has 1 saturated heterocycles. The number of para-hydroxylation sites is 1. The van der Waals surface area contributed by atoms with Crippen molar-refractivity contribution in [2.45, 2.75) is 25.5 Å². The number of ether oxygens (including phenoxy) is 2. The van der Waals surface area contributed by atoms with Crippen LogP contribution in [0.25, 0.3) is 6.08 Å². The van der Waals surface area contributed by atoms with Gasteiger partial charge in [-0.05, 0) is 42.0 Å². The topological polar surface area (TPSA) is 21.7 Å². The lowest BCUT2D eigenvalue weighted by molar-refractivity contribution is -0.0140. The lowest BCUT2D eigenvalue weighted by atomic mass is 9.99. The van der Waals surface area contributed by atoms with Gasteiger partial charge in [0, 0.05) is 25.2 Å². The Hall–Kier alpha value is -2.10. The van der Waals surface area contributed by atoms with E-state index in [1.165, 1.54) is 24.0 Å². The van der Waals surface area contributed by atoms with E-state index < -0.39 is 0 Å². The number of nitrogens with zero attached hydrogens (tertiary/aromatic N) is 1. The molecule has 1 aliphatic carbocycles. The summed E-state index contributed by atoms with van der Waals surface area (Å²) < 4.78 is 11.7. The Labute approximate surface area is 156 Å². The number of morpholine rings is 1. The quantitative estimate of drug-likeness (QED) is 0.772. The van der Waals surface area contributed by atoms with Crippen LogP contribution in [-0.4, -0.2) is 37.8 Å². The molecule has 1 atom stereocenters. The van der Waals surface area contributed by atoms with E-state index in [4.69, 9.17) is 9.47 Å². The van der Waals surface area contributed by atoms with Crippen LogP contribution < -0.4 is 4.74 Å². The van der Waals surface area contributed by atoms with E-state index in [-0.39, 0.29) is 6.10 Å².